The predicted octanol–water partition coefficient (Wildman–Crippen LogP) is 2.18. The van der Waals surface area contributed by atoms with Crippen LogP contribution in [0.2, 0.25) is 0 Å². The lowest BCUT2D eigenvalue weighted by Crippen LogP contribution is -2.29. The number of carbonyl (C=O) groups excluding carboxylic acids is 1. The average Bonchev–Trinajstić information content (AvgIpc) is 2.26. The van der Waals surface area contributed by atoms with Crippen LogP contribution in [0, 0.1) is 0 Å². The molecule has 0 aromatic heterocycles. The number of rotatable bonds is 4. The highest BCUT2D eigenvalue weighted by molar-refractivity contribution is 7.81. The highest BCUT2D eigenvalue weighted by Gasteiger charge is 2.07. The molecule has 1 aromatic rings. The molecule has 0 radical (unpaired) electrons. The van der Waals surface area contributed by atoms with E-state index in [1.54, 1.807) is 6.92 Å². The Labute approximate surface area is 96.5 Å². The molecule has 82 valence electrons. The first-order chi connectivity index (χ1) is 7.15. The standard InChI is InChI=1S/C12H17NOS/c1-3-10-6-4-5-7-11(10)8-13-12(14)9(2)15/h4-7,9,15H,3,8H2,1-2H3,(H,13,14). The summed E-state index contributed by atoms with van der Waals surface area (Å²) in [6, 6.07) is 8.14. The van der Waals surface area contributed by atoms with Crippen LogP contribution in [0.1, 0.15) is 25.0 Å². The van der Waals surface area contributed by atoms with Gasteiger partial charge in [-0.1, -0.05) is 31.2 Å². The quantitative estimate of drug-likeness (QED) is 0.753. The van der Waals surface area contributed by atoms with Gasteiger partial charge >= 0.3 is 0 Å². The number of thiol groups is 1. The number of nitrogens with one attached hydrogen (secondary N) is 1. The maximum atomic E-state index is 11.3. The first kappa shape index (κ1) is 12.1. The molecule has 1 N–H and O–H groups in total. The summed E-state index contributed by atoms with van der Waals surface area (Å²) in [5, 5.41) is 2.61. The summed E-state index contributed by atoms with van der Waals surface area (Å²) < 4.78 is 0. The van der Waals surface area contributed by atoms with Crippen molar-refractivity contribution in [2.45, 2.75) is 32.1 Å². The largest absolute Gasteiger partial charge is 0.351 e. The maximum absolute atomic E-state index is 11.3. The second-order valence-corrected chi connectivity index (χ2v) is 4.29. The van der Waals surface area contributed by atoms with Gasteiger partial charge in [0.2, 0.25) is 5.91 Å². The number of hydrogen-bond acceptors (Lipinski definition) is 2. The molecule has 1 amide bonds. The van der Waals surface area contributed by atoms with E-state index in [0.717, 1.165) is 6.42 Å². The predicted molar refractivity (Wildman–Crippen MR) is 66.1 cm³/mol. The maximum Gasteiger partial charge on any atom is 0.232 e. The number of benzene rings is 1. The molecule has 0 aliphatic heterocycles. The van der Waals surface area contributed by atoms with Gasteiger partial charge in [0.25, 0.3) is 0 Å². The van der Waals surface area contributed by atoms with Crippen LogP contribution in [0.5, 0.6) is 0 Å². The summed E-state index contributed by atoms with van der Waals surface area (Å²) in [4.78, 5) is 11.3. The van der Waals surface area contributed by atoms with Crippen molar-refractivity contribution in [3.05, 3.63) is 35.4 Å². The molecule has 2 nitrogen and oxygen atoms in total. The van der Waals surface area contributed by atoms with E-state index in [9.17, 15) is 4.79 Å². The smallest absolute Gasteiger partial charge is 0.232 e. The van der Waals surface area contributed by atoms with Crippen LogP contribution in [0.15, 0.2) is 24.3 Å². The minimum atomic E-state index is -0.251. The normalized spacial score (nSPS) is 12.2. The van der Waals surface area contributed by atoms with Gasteiger partial charge in [-0.05, 0) is 24.5 Å². The summed E-state index contributed by atoms with van der Waals surface area (Å²) in [7, 11) is 0. The zero-order valence-electron chi connectivity index (χ0n) is 9.16. The van der Waals surface area contributed by atoms with Crippen LogP contribution in [0.3, 0.4) is 0 Å². The Bertz CT molecular complexity index is 336. The fourth-order valence-electron chi connectivity index (χ4n) is 1.40. The molecule has 0 bridgehead atoms. The summed E-state index contributed by atoms with van der Waals surface area (Å²) in [5.74, 6) is -0.0239. The fourth-order valence-corrected chi connectivity index (χ4v) is 1.50. The van der Waals surface area contributed by atoms with E-state index in [4.69, 9.17) is 0 Å². The number of aryl methyl sites for hydroxylation is 1. The first-order valence-electron chi connectivity index (χ1n) is 5.17. The summed E-state index contributed by atoms with van der Waals surface area (Å²) >= 11 is 4.08. The van der Waals surface area contributed by atoms with Gasteiger partial charge in [-0.2, -0.15) is 12.6 Å². The van der Waals surface area contributed by atoms with E-state index in [1.807, 2.05) is 18.2 Å². The second-order valence-electron chi connectivity index (χ2n) is 3.52. The zero-order chi connectivity index (χ0) is 11.3. The molecular weight excluding hydrogens is 206 g/mol. The van der Waals surface area contributed by atoms with Crippen molar-refractivity contribution in [1.82, 2.24) is 5.32 Å². The number of amides is 1. The monoisotopic (exact) mass is 223 g/mol. The van der Waals surface area contributed by atoms with E-state index in [1.165, 1.54) is 11.1 Å². The fraction of sp³-hybridized carbons (Fsp3) is 0.417. The Balaban J connectivity index is 2.61. The highest BCUT2D eigenvalue weighted by atomic mass is 32.1. The molecule has 1 atom stereocenters. The lowest BCUT2D eigenvalue weighted by molar-refractivity contribution is -0.120. The van der Waals surface area contributed by atoms with Crippen molar-refractivity contribution in [2.75, 3.05) is 0 Å². The number of carbonyl (C=O) groups is 1. The third kappa shape index (κ3) is 3.59. The van der Waals surface area contributed by atoms with Crippen LogP contribution < -0.4 is 5.32 Å². The van der Waals surface area contributed by atoms with Gasteiger partial charge in [-0.3, -0.25) is 4.79 Å². The van der Waals surface area contributed by atoms with Gasteiger partial charge < -0.3 is 5.32 Å². The molecule has 1 rings (SSSR count). The van der Waals surface area contributed by atoms with Crippen LogP contribution >= 0.6 is 12.6 Å². The summed E-state index contributed by atoms with van der Waals surface area (Å²) in [6.45, 7) is 4.47. The van der Waals surface area contributed by atoms with Crippen molar-refractivity contribution in [3.63, 3.8) is 0 Å². The Morgan fingerprint density at radius 2 is 2.00 bits per heavy atom. The third-order valence-corrected chi connectivity index (χ3v) is 2.57. The lowest BCUT2D eigenvalue weighted by atomic mass is 10.1. The topological polar surface area (TPSA) is 29.1 Å². The minimum absolute atomic E-state index is 0.0239. The van der Waals surface area contributed by atoms with Gasteiger partial charge in [-0.15, -0.1) is 0 Å². The number of hydrogen-bond donors (Lipinski definition) is 2. The molecule has 0 spiro atoms. The van der Waals surface area contributed by atoms with Crippen LogP contribution in [0.4, 0.5) is 0 Å². The summed E-state index contributed by atoms with van der Waals surface area (Å²) in [5.41, 5.74) is 2.46. The molecule has 1 aromatic carbocycles. The Hall–Kier alpha value is -0.960. The minimum Gasteiger partial charge on any atom is -0.351 e. The second kappa shape index (κ2) is 5.81. The van der Waals surface area contributed by atoms with Gasteiger partial charge in [-0.25, -0.2) is 0 Å². The van der Waals surface area contributed by atoms with Crippen molar-refractivity contribution in [1.29, 1.82) is 0 Å². The SMILES string of the molecule is CCc1ccccc1CNC(=O)C(C)S. The van der Waals surface area contributed by atoms with Gasteiger partial charge in [0, 0.05) is 6.54 Å². The third-order valence-electron chi connectivity index (χ3n) is 2.33. The molecule has 0 saturated heterocycles. The van der Waals surface area contributed by atoms with E-state index in [0.29, 0.717) is 6.54 Å². The molecule has 0 aliphatic carbocycles. The van der Waals surface area contributed by atoms with Crippen molar-refractivity contribution >= 4 is 18.5 Å². The van der Waals surface area contributed by atoms with Gasteiger partial charge in [0.05, 0.1) is 5.25 Å². The van der Waals surface area contributed by atoms with E-state index in [2.05, 4.69) is 30.9 Å². The van der Waals surface area contributed by atoms with E-state index >= 15 is 0 Å². The highest BCUT2D eigenvalue weighted by Crippen LogP contribution is 2.09. The van der Waals surface area contributed by atoms with Crippen LogP contribution in [0.25, 0.3) is 0 Å². The van der Waals surface area contributed by atoms with Crippen LogP contribution in [-0.2, 0) is 17.8 Å². The summed E-state index contributed by atoms with van der Waals surface area (Å²) in [6.07, 6.45) is 0.989. The Kier molecular flexibility index (Phi) is 4.69. The van der Waals surface area contributed by atoms with Gasteiger partial charge in [0.15, 0.2) is 0 Å². The lowest BCUT2D eigenvalue weighted by Gasteiger charge is -2.10. The Morgan fingerprint density at radius 1 is 1.40 bits per heavy atom. The molecule has 15 heavy (non-hydrogen) atoms. The molecule has 3 heteroatoms. The molecular formula is C12H17NOS. The van der Waals surface area contributed by atoms with E-state index in [-0.39, 0.29) is 11.2 Å². The van der Waals surface area contributed by atoms with Gasteiger partial charge in [0.1, 0.15) is 0 Å². The average molecular weight is 223 g/mol. The van der Waals surface area contributed by atoms with Crippen molar-refractivity contribution in [2.24, 2.45) is 0 Å². The Morgan fingerprint density at radius 3 is 2.53 bits per heavy atom. The molecule has 0 fully saturated rings. The first-order valence-corrected chi connectivity index (χ1v) is 5.69. The van der Waals surface area contributed by atoms with Crippen molar-refractivity contribution < 1.29 is 4.79 Å². The molecule has 0 aliphatic rings. The molecule has 0 heterocycles. The molecule has 1 unspecified atom stereocenters. The zero-order valence-corrected chi connectivity index (χ0v) is 10.1. The van der Waals surface area contributed by atoms with Crippen LogP contribution in [-0.4, -0.2) is 11.2 Å². The van der Waals surface area contributed by atoms with E-state index < -0.39 is 0 Å². The van der Waals surface area contributed by atoms with Crippen molar-refractivity contribution in [3.8, 4) is 0 Å². The molecule has 0 saturated carbocycles.